The maximum absolute atomic E-state index is 9.57. The fourth-order valence-electron chi connectivity index (χ4n) is 1.72. The van der Waals surface area contributed by atoms with Crippen molar-refractivity contribution in [2.24, 2.45) is 9.98 Å². The normalized spacial score (nSPS) is 9.69. The summed E-state index contributed by atoms with van der Waals surface area (Å²) in [4.78, 5) is 8.23. The minimum absolute atomic E-state index is 0. The molecule has 0 fully saturated rings. The van der Waals surface area contributed by atoms with E-state index < -0.39 is 0 Å². The number of halogens is 1. The fourth-order valence-corrected chi connectivity index (χ4v) is 1.72. The van der Waals surface area contributed by atoms with Crippen LogP contribution in [0.2, 0.25) is 0 Å². The molecular formula is C16H21ClCoN2O6. The minimum Gasteiger partial charge on any atom is -0.508 e. The smallest absolute Gasteiger partial charge is 0.128 e. The topological polar surface area (TPSA) is 169 Å². The van der Waals surface area contributed by atoms with E-state index in [9.17, 15) is 10.2 Å². The van der Waals surface area contributed by atoms with Crippen LogP contribution in [0, 0.1) is 0 Å². The zero-order valence-electron chi connectivity index (χ0n) is 13.5. The predicted octanol–water partition coefficient (Wildman–Crippen LogP) is 0.817. The first-order valence-corrected chi connectivity index (χ1v) is 6.60. The number of rotatable bonds is 5. The van der Waals surface area contributed by atoms with Gasteiger partial charge in [0.25, 0.3) is 0 Å². The molecule has 0 unspecified atom stereocenters. The van der Waals surface area contributed by atoms with Gasteiger partial charge in [-0.1, -0.05) is 0 Å². The Hall–Kier alpha value is -2.30. The molecule has 0 saturated heterocycles. The Balaban J connectivity index is -0.00000132. The third kappa shape index (κ3) is 8.69. The third-order valence-electron chi connectivity index (χ3n) is 2.85. The Morgan fingerprint density at radius 1 is 0.692 bits per heavy atom. The van der Waals surface area contributed by atoms with E-state index in [1.165, 1.54) is 36.7 Å². The number of nitrogens with zero attached hydrogens (tertiary/aromatic N) is 2. The van der Waals surface area contributed by atoms with Gasteiger partial charge in [-0.25, -0.2) is 0 Å². The molecule has 147 valence electrons. The molecule has 0 aromatic heterocycles. The summed E-state index contributed by atoms with van der Waals surface area (Å²) in [5, 5.41) is 37.5. The molecule has 0 aliphatic heterocycles. The van der Waals surface area contributed by atoms with Gasteiger partial charge in [-0.2, -0.15) is 0 Å². The third-order valence-corrected chi connectivity index (χ3v) is 2.85. The maximum atomic E-state index is 9.57. The van der Waals surface area contributed by atoms with Crippen LogP contribution in [-0.4, -0.2) is 56.9 Å². The standard InChI is InChI=1S/C16H16N2O4.ClH.Co.2H2O/c19-13-3-1-11(15(21)7-13)9-17-5-6-18-10-12-2-4-14(20)8-16(12)22;;;;/h1-4,7-10,19-22H,5-6H2;1H;;2*1H2. The molecular weight excluding hydrogens is 411 g/mol. The summed E-state index contributed by atoms with van der Waals surface area (Å²) in [6.45, 7) is 0.825. The van der Waals surface area contributed by atoms with E-state index in [0.717, 1.165) is 0 Å². The molecule has 8 N–H and O–H groups in total. The molecule has 1 radical (unpaired) electrons. The van der Waals surface area contributed by atoms with Crippen LogP contribution >= 0.6 is 12.4 Å². The van der Waals surface area contributed by atoms with Crippen molar-refractivity contribution in [1.29, 1.82) is 0 Å². The number of hydrogen-bond acceptors (Lipinski definition) is 6. The van der Waals surface area contributed by atoms with Gasteiger partial charge in [0.15, 0.2) is 0 Å². The summed E-state index contributed by atoms with van der Waals surface area (Å²) >= 11 is 0. The maximum Gasteiger partial charge on any atom is 0.128 e. The Kier molecular flexibility index (Phi) is 15.3. The predicted molar refractivity (Wildman–Crippen MR) is 98.9 cm³/mol. The van der Waals surface area contributed by atoms with Crippen LogP contribution in [0.4, 0.5) is 0 Å². The largest absolute Gasteiger partial charge is 0.508 e. The molecule has 26 heavy (non-hydrogen) atoms. The Bertz CT molecular complexity index is 666. The Morgan fingerprint density at radius 2 is 1.04 bits per heavy atom. The van der Waals surface area contributed by atoms with E-state index in [1.54, 1.807) is 12.1 Å². The minimum atomic E-state index is -0.0405. The van der Waals surface area contributed by atoms with Crippen molar-refractivity contribution in [3.63, 3.8) is 0 Å². The van der Waals surface area contributed by atoms with E-state index >= 15 is 0 Å². The van der Waals surface area contributed by atoms with Crippen LogP contribution < -0.4 is 0 Å². The van der Waals surface area contributed by atoms with Crippen LogP contribution in [0.25, 0.3) is 0 Å². The van der Waals surface area contributed by atoms with Crippen LogP contribution in [0.5, 0.6) is 23.0 Å². The van der Waals surface area contributed by atoms with Gasteiger partial charge in [0.1, 0.15) is 23.0 Å². The number of phenols is 4. The summed E-state index contributed by atoms with van der Waals surface area (Å²) in [6, 6.07) is 8.54. The molecule has 0 spiro atoms. The summed E-state index contributed by atoms with van der Waals surface area (Å²) in [5.74, 6) is -0.0940. The van der Waals surface area contributed by atoms with Gasteiger partial charge in [-0.15, -0.1) is 12.4 Å². The molecule has 0 aliphatic rings. The first kappa shape index (κ1) is 28.5. The zero-order valence-corrected chi connectivity index (χ0v) is 15.3. The van der Waals surface area contributed by atoms with Crippen LogP contribution in [0.1, 0.15) is 11.1 Å². The second kappa shape index (κ2) is 13.9. The number of aromatic hydroxyl groups is 4. The van der Waals surface area contributed by atoms with Gasteiger partial charge in [0.2, 0.25) is 0 Å². The Labute approximate surface area is 166 Å². The van der Waals surface area contributed by atoms with E-state index in [-0.39, 0.29) is 63.1 Å². The van der Waals surface area contributed by atoms with Crippen molar-refractivity contribution in [3.8, 4) is 23.0 Å². The molecule has 2 aromatic carbocycles. The van der Waals surface area contributed by atoms with Gasteiger partial charge in [-0.3, -0.25) is 9.98 Å². The number of phenolic OH excluding ortho intramolecular Hbond substituents is 4. The van der Waals surface area contributed by atoms with Crippen LogP contribution in [0.3, 0.4) is 0 Å². The van der Waals surface area contributed by atoms with Crippen molar-refractivity contribution in [3.05, 3.63) is 47.5 Å². The van der Waals surface area contributed by atoms with Crippen LogP contribution in [0.15, 0.2) is 46.4 Å². The molecule has 0 heterocycles. The molecule has 0 amide bonds. The summed E-state index contributed by atoms with van der Waals surface area (Å²) in [6.07, 6.45) is 3.00. The van der Waals surface area contributed by atoms with Crippen molar-refractivity contribution >= 4 is 24.8 Å². The Morgan fingerprint density at radius 3 is 1.35 bits per heavy atom. The van der Waals surface area contributed by atoms with E-state index in [0.29, 0.717) is 24.2 Å². The SMILES string of the molecule is Cl.O.O.Oc1ccc(C=NCCN=Cc2ccc(O)cc2O)c(O)c1.[Co]. The van der Waals surface area contributed by atoms with E-state index in [4.69, 9.17) is 10.2 Å². The van der Waals surface area contributed by atoms with E-state index in [1.807, 2.05) is 0 Å². The number of benzene rings is 2. The second-order valence-electron chi connectivity index (χ2n) is 4.56. The van der Waals surface area contributed by atoms with Gasteiger partial charge in [0.05, 0.1) is 13.1 Å². The number of aliphatic imine (C=N–C) groups is 2. The van der Waals surface area contributed by atoms with Gasteiger partial charge in [0, 0.05) is 52.5 Å². The molecule has 2 rings (SSSR count). The second-order valence-corrected chi connectivity index (χ2v) is 4.56. The van der Waals surface area contributed by atoms with Crippen molar-refractivity contribution in [2.75, 3.05) is 13.1 Å². The summed E-state index contributed by atoms with van der Waals surface area (Å²) < 4.78 is 0. The van der Waals surface area contributed by atoms with Crippen LogP contribution in [-0.2, 0) is 16.8 Å². The number of hydrogen-bond donors (Lipinski definition) is 4. The average molecular weight is 432 g/mol. The molecule has 10 heteroatoms. The first-order valence-electron chi connectivity index (χ1n) is 6.60. The first-order chi connectivity index (χ1) is 10.6. The molecule has 2 aromatic rings. The van der Waals surface area contributed by atoms with Crippen molar-refractivity contribution < 1.29 is 48.2 Å². The summed E-state index contributed by atoms with van der Waals surface area (Å²) in [5.41, 5.74) is 1.02. The monoisotopic (exact) mass is 431 g/mol. The summed E-state index contributed by atoms with van der Waals surface area (Å²) in [7, 11) is 0. The van der Waals surface area contributed by atoms with Gasteiger partial charge >= 0.3 is 0 Å². The molecule has 0 atom stereocenters. The molecule has 0 aliphatic carbocycles. The molecule has 0 saturated carbocycles. The zero-order chi connectivity index (χ0) is 15.9. The average Bonchev–Trinajstić information content (AvgIpc) is 2.46. The molecule has 8 nitrogen and oxygen atoms in total. The van der Waals surface area contributed by atoms with Crippen molar-refractivity contribution in [1.82, 2.24) is 0 Å². The van der Waals surface area contributed by atoms with E-state index in [2.05, 4.69) is 9.98 Å². The fraction of sp³-hybridized carbons (Fsp3) is 0.125. The van der Waals surface area contributed by atoms with Gasteiger partial charge < -0.3 is 31.4 Å². The molecule has 0 bridgehead atoms. The quantitative estimate of drug-likeness (QED) is 0.406. The van der Waals surface area contributed by atoms with Gasteiger partial charge in [-0.05, 0) is 24.3 Å². The van der Waals surface area contributed by atoms with Crippen molar-refractivity contribution in [2.45, 2.75) is 0 Å².